The average molecular weight is 286 g/mol. The van der Waals surface area contributed by atoms with Crippen LogP contribution in [0.5, 0.6) is 0 Å². The molecular formula is C16H16ClN3. The third kappa shape index (κ3) is 2.37. The first-order chi connectivity index (χ1) is 9.65. The Bertz CT molecular complexity index is 652. The molecule has 102 valence electrons. The predicted molar refractivity (Wildman–Crippen MR) is 84.4 cm³/mol. The first kappa shape index (κ1) is 13.0. The van der Waals surface area contributed by atoms with Crippen LogP contribution >= 0.6 is 11.8 Å². The van der Waals surface area contributed by atoms with Gasteiger partial charge in [-0.15, -0.1) is 0 Å². The molecule has 0 fully saturated rings. The van der Waals surface area contributed by atoms with Crippen molar-refractivity contribution < 1.29 is 0 Å². The SMILES string of the molecule is CC1=Nc2ccc(C)cc2C(Nc2ccccc2)N1Cl. The van der Waals surface area contributed by atoms with Crippen molar-refractivity contribution in [3.8, 4) is 0 Å². The van der Waals surface area contributed by atoms with Gasteiger partial charge in [-0.05, 0) is 38.1 Å². The molecule has 0 saturated carbocycles. The van der Waals surface area contributed by atoms with Gasteiger partial charge in [0.2, 0.25) is 0 Å². The number of nitrogens with zero attached hydrogens (tertiary/aromatic N) is 2. The lowest BCUT2D eigenvalue weighted by Crippen LogP contribution is -2.32. The summed E-state index contributed by atoms with van der Waals surface area (Å²) in [6.07, 6.45) is -0.119. The van der Waals surface area contributed by atoms with E-state index in [1.165, 1.54) is 5.56 Å². The number of benzene rings is 2. The van der Waals surface area contributed by atoms with Gasteiger partial charge in [0.05, 0.1) is 5.69 Å². The maximum atomic E-state index is 6.40. The van der Waals surface area contributed by atoms with E-state index in [2.05, 4.69) is 29.4 Å². The Kier molecular flexibility index (Phi) is 3.36. The molecule has 0 radical (unpaired) electrons. The van der Waals surface area contributed by atoms with Crippen LogP contribution < -0.4 is 5.32 Å². The Labute approximate surface area is 124 Å². The summed E-state index contributed by atoms with van der Waals surface area (Å²) in [4.78, 5) is 4.53. The monoisotopic (exact) mass is 285 g/mol. The summed E-state index contributed by atoms with van der Waals surface area (Å²) >= 11 is 6.40. The normalized spacial score (nSPS) is 17.4. The number of aryl methyl sites for hydroxylation is 1. The second-order valence-electron chi connectivity index (χ2n) is 4.95. The Morgan fingerprint density at radius 1 is 1.10 bits per heavy atom. The Morgan fingerprint density at radius 2 is 1.85 bits per heavy atom. The molecule has 1 atom stereocenters. The summed E-state index contributed by atoms with van der Waals surface area (Å²) < 4.78 is 1.65. The van der Waals surface area contributed by atoms with Crippen molar-refractivity contribution in [3.05, 3.63) is 59.7 Å². The molecule has 4 heteroatoms. The third-order valence-electron chi connectivity index (χ3n) is 3.37. The first-order valence-corrected chi connectivity index (χ1v) is 6.91. The van der Waals surface area contributed by atoms with E-state index >= 15 is 0 Å². The fourth-order valence-electron chi connectivity index (χ4n) is 2.35. The van der Waals surface area contributed by atoms with Gasteiger partial charge in [0.1, 0.15) is 12.0 Å². The van der Waals surface area contributed by atoms with Crippen LogP contribution in [0.4, 0.5) is 11.4 Å². The van der Waals surface area contributed by atoms with E-state index in [-0.39, 0.29) is 6.17 Å². The van der Waals surface area contributed by atoms with Crippen LogP contribution in [0.2, 0.25) is 0 Å². The summed E-state index contributed by atoms with van der Waals surface area (Å²) in [5.74, 6) is 0.788. The summed E-state index contributed by atoms with van der Waals surface area (Å²) in [6, 6.07) is 16.3. The van der Waals surface area contributed by atoms with Gasteiger partial charge in [0, 0.05) is 23.0 Å². The molecule has 3 nitrogen and oxygen atoms in total. The van der Waals surface area contributed by atoms with Crippen molar-refractivity contribution in [3.63, 3.8) is 0 Å². The molecule has 0 aliphatic carbocycles. The van der Waals surface area contributed by atoms with Crippen molar-refractivity contribution >= 4 is 29.0 Å². The van der Waals surface area contributed by atoms with Gasteiger partial charge in [0.15, 0.2) is 0 Å². The van der Waals surface area contributed by atoms with Crippen LogP contribution in [-0.4, -0.2) is 10.3 Å². The minimum absolute atomic E-state index is 0.119. The van der Waals surface area contributed by atoms with Crippen molar-refractivity contribution in [2.75, 3.05) is 5.32 Å². The van der Waals surface area contributed by atoms with Gasteiger partial charge >= 0.3 is 0 Å². The fraction of sp³-hybridized carbons (Fsp3) is 0.188. The molecule has 1 aliphatic heterocycles. The van der Waals surface area contributed by atoms with Crippen LogP contribution in [0.1, 0.15) is 24.2 Å². The molecule has 0 aromatic heterocycles. The number of amidine groups is 1. The molecular weight excluding hydrogens is 270 g/mol. The molecule has 1 aliphatic rings. The largest absolute Gasteiger partial charge is 0.360 e. The number of rotatable bonds is 2. The standard InChI is InChI=1S/C16H16ClN3/c1-11-8-9-15-14(10-11)16(20(17)12(2)18-15)19-13-6-4-3-5-7-13/h3-10,16,19H,1-2H3. The van der Waals surface area contributed by atoms with Crippen LogP contribution in [0, 0.1) is 6.92 Å². The lowest BCUT2D eigenvalue weighted by molar-refractivity contribution is 0.521. The van der Waals surface area contributed by atoms with E-state index in [0.717, 1.165) is 22.8 Å². The fourth-order valence-corrected chi connectivity index (χ4v) is 2.54. The number of fused-ring (bicyclic) bond motifs is 1. The number of para-hydroxylation sites is 1. The number of halogens is 1. The zero-order chi connectivity index (χ0) is 14.1. The van der Waals surface area contributed by atoms with E-state index < -0.39 is 0 Å². The van der Waals surface area contributed by atoms with Gasteiger partial charge in [-0.25, -0.2) is 9.41 Å². The lowest BCUT2D eigenvalue weighted by atomic mass is 10.0. The second-order valence-corrected chi connectivity index (χ2v) is 5.31. The van der Waals surface area contributed by atoms with E-state index in [0.29, 0.717) is 0 Å². The summed E-state index contributed by atoms with van der Waals surface area (Å²) in [7, 11) is 0. The van der Waals surface area contributed by atoms with Crippen LogP contribution in [0.3, 0.4) is 0 Å². The maximum Gasteiger partial charge on any atom is 0.144 e. The zero-order valence-electron chi connectivity index (χ0n) is 11.5. The number of aliphatic imine (C=N–C) groups is 1. The molecule has 1 heterocycles. The molecule has 2 aromatic rings. The predicted octanol–water partition coefficient (Wildman–Crippen LogP) is 4.63. The molecule has 2 aromatic carbocycles. The quantitative estimate of drug-likeness (QED) is 0.815. The minimum atomic E-state index is -0.119. The van der Waals surface area contributed by atoms with Crippen LogP contribution in [-0.2, 0) is 0 Å². The Morgan fingerprint density at radius 3 is 2.60 bits per heavy atom. The highest BCUT2D eigenvalue weighted by Crippen LogP contribution is 2.37. The van der Waals surface area contributed by atoms with Crippen molar-refractivity contribution in [1.82, 2.24) is 4.42 Å². The second kappa shape index (κ2) is 5.17. The highest BCUT2D eigenvalue weighted by atomic mass is 35.5. The molecule has 0 spiro atoms. The van der Waals surface area contributed by atoms with E-state index in [9.17, 15) is 0 Å². The van der Waals surface area contributed by atoms with Gasteiger partial charge in [-0.2, -0.15) is 0 Å². The van der Waals surface area contributed by atoms with Crippen LogP contribution in [0.15, 0.2) is 53.5 Å². The van der Waals surface area contributed by atoms with E-state index in [4.69, 9.17) is 11.8 Å². The molecule has 3 rings (SSSR count). The summed E-state index contributed by atoms with van der Waals surface area (Å²) in [6.45, 7) is 3.99. The minimum Gasteiger partial charge on any atom is -0.360 e. The van der Waals surface area contributed by atoms with Gasteiger partial charge in [0.25, 0.3) is 0 Å². The molecule has 1 N–H and O–H groups in total. The topological polar surface area (TPSA) is 27.6 Å². The van der Waals surface area contributed by atoms with E-state index in [1.54, 1.807) is 4.42 Å². The smallest absolute Gasteiger partial charge is 0.144 e. The maximum absolute atomic E-state index is 6.40. The molecule has 0 bridgehead atoms. The van der Waals surface area contributed by atoms with Gasteiger partial charge < -0.3 is 5.32 Å². The summed E-state index contributed by atoms with van der Waals surface area (Å²) in [5.41, 5.74) is 4.29. The highest BCUT2D eigenvalue weighted by molar-refractivity contribution is 6.22. The third-order valence-corrected chi connectivity index (χ3v) is 3.81. The number of nitrogens with one attached hydrogen (secondary N) is 1. The van der Waals surface area contributed by atoms with Gasteiger partial charge in [-0.3, -0.25) is 0 Å². The molecule has 0 saturated heterocycles. The average Bonchev–Trinajstić information content (AvgIpc) is 2.46. The Hall–Kier alpha value is -2.00. The van der Waals surface area contributed by atoms with E-state index in [1.807, 2.05) is 43.3 Å². The zero-order valence-corrected chi connectivity index (χ0v) is 12.2. The van der Waals surface area contributed by atoms with Crippen LogP contribution in [0.25, 0.3) is 0 Å². The van der Waals surface area contributed by atoms with Gasteiger partial charge in [-0.1, -0.05) is 29.8 Å². The van der Waals surface area contributed by atoms with Crippen molar-refractivity contribution in [2.45, 2.75) is 20.0 Å². The Balaban J connectivity index is 2.02. The van der Waals surface area contributed by atoms with Crippen molar-refractivity contribution in [2.24, 2.45) is 4.99 Å². The number of hydrogen-bond acceptors (Lipinski definition) is 3. The summed E-state index contributed by atoms with van der Waals surface area (Å²) in [5, 5.41) is 3.46. The molecule has 1 unspecified atom stereocenters. The molecule has 0 amide bonds. The first-order valence-electron chi connectivity index (χ1n) is 6.57. The highest BCUT2D eigenvalue weighted by Gasteiger charge is 2.27. The number of hydrogen-bond donors (Lipinski definition) is 1. The van der Waals surface area contributed by atoms with Crippen molar-refractivity contribution in [1.29, 1.82) is 0 Å². The molecule has 20 heavy (non-hydrogen) atoms. The lowest BCUT2D eigenvalue weighted by Gasteiger charge is -2.33. The number of anilines is 1.